The first-order valence-electron chi connectivity index (χ1n) is 6.90. The van der Waals surface area contributed by atoms with E-state index in [2.05, 4.69) is 4.74 Å². The second-order valence-electron chi connectivity index (χ2n) is 5.01. The Hall–Kier alpha value is -1.27. The third-order valence-corrected chi connectivity index (χ3v) is 5.16. The Morgan fingerprint density at radius 1 is 1.50 bits per heavy atom. The number of hydrogen-bond donors (Lipinski definition) is 0. The van der Waals surface area contributed by atoms with Crippen LogP contribution in [0.1, 0.15) is 12.0 Å². The van der Waals surface area contributed by atoms with E-state index in [0.29, 0.717) is 13.1 Å². The minimum Gasteiger partial charge on any atom is -0.468 e. The minimum atomic E-state index is -0.461. The highest BCUT2D eigenvalue weighted by atomic mass is 35.5. The molecule has 1 amide bonds. The van der Waals surface area contributed by atoms with Crippen molar-refractivity contribution in [3.05, 3.63) is 34.6 Å². The molecule has 0 bridgehead atoms. The summed E-state index contributed by atoms with van der Waals surface area (Å²) < 4.78 is 18.3. The third-order valence-electron chi connectivity index (χ3n) is 3.55. The SMILES string of the molecule is COC(=O)CSC1CCN(C(=O)Cc2c(F)cccc2Cl)C1. The zero-order valence-corrected chi connectivity index (χ0v) is 13.8. The van der Waals surface area contributed by atoms with Crippen LogP contribution in [0.15, 0.2) is 18.2 Å². The van der Waals surface area contributed by atoms with Gasteiger partial charge in [-0.3, -0.25) is 9.59 Å². The lowest BCUT2D eigenvalue weighted by molar-refractivity contribution is -0.137. The van der Waals surface area contributed by atoms with Gasteiger partial charge >= 0.3 is 5.97 Å². The van der Waals surface area contributed by atoms with E-state index in [4.69, 9.17) is 11.6 Å². The van der Waals surface area contributed by atoms with Crippen LogP contribution in [0.2, 0.25) is 5.02 Å². The molecular weight excluding hydrogens is 329 g/mol. The fourth-order valence-corrected chi connectivity index (χ4v) is 3.58. The lowest BCUT2D eigenvalue weighted by Crippen LogP contribution is -2.31. The molecule has 1 saturated heterocycles. The molecule has 1 fully saturated rings. The van der Waals surface area contributed by atoms with Gasteiger partial charge in [-0.1, -0.05) is 17.7 Å². The Morgan fingerprint density at radius 3 is 2.95 bits per heavy atom. The van der Waals surface area contributed by atoms with E-state index >= 15 is 0 Å². The molecule has 1 atom stereocenters. The van der Waals surface area contributed by atoms with Crippen molar-refractivity contribution in [2.75, 3.05) is 26.0 Å². The average Bonchev–Trinajstić information content (AvgIpc) is 2.97. The van der Waals surface area contributed by atoms with Crippen molar-refractivity contribution in [1.82, 2.24) is 4.90 Å². The summed E-state index contributed by atoms with van der Waals surface area (Å²) in [6.07, 6.45) is 0.776. The number of carbonyl (C=O) groups is 2. The molecule has 0 aromatic heterocycles. The maximum Gasteiger partial charge on any atom is 0.315 e. The standard InChI is InChI=1S/C15H17ClFNO3S/c1-21-15(20)9-22-10-5-6-18(8-10)14(19)7-11-12(16)3-2-4-13(11)17/h2-4,10H,5-9H2,1H3. The maximum absolute atomic E-state index is 13.7. The summed E-state index contributed by atoms with van der Waals surface area (Å²) in [5.74, 6) is -0.597. The van der Waals surface area contributed by atoms with Crippen LogP contribution in [0.5, 0.6) is 0 Å². The number of esters is 1. The van der Waals surface area contributed by atoms with E-state index in [1.807, 2.05) is 0 Å². The first-order chi connectivity index (χ1) is 10.5. The summed E-state index contributed by atoms with van der Waals surface area (Å²) in [5, 5.41) is 0.475. The van der Waals surface area contributed by atoms with Gasteiger partial charge in [-0.15, -0.1) is 11.8 Å². The summed E-state index contributed by atoms with van der Waals surface area (Å²) in [6, 6.07) is 4.39. The topological polar surface area (TPSA) is 46.6 Å². The van der Waals surface area contributed by atoms with Gasteiger partial charge in [0.05, 0.1) is 19.3 Å². The van der Waals surface area contributed by atoms with Crippen LogP contribution >= 0.6 is 23.4 Å². The number of benzene rings is 1. The number of rotatable bonds is 5. The maximum atomic E-state index is 13.7. The zero-order valence-electron chi connectivity index (χ0n) is 12.2. The Balaban J connectivity index is 1.88. The molecule has 7 heteroatoms. The van der Waals surface area contributed by atoms with E-state index in [1.54, 1.807) is 11.0 Å². The summed E-state index contributed by atoms with van der Waals surface area (Å²) in [5.41, 5.74) is 0.236. The normalized spacial score (nSPS) is 17.6. The second-order valence-corrected chi connectivity index (χ2v) is 6.71. The van der Waals surface area contributed by atoms with Crippen molar-refractivity contribution in [1.29, 1.82) is 0 Å². The number of hydrogen-bond acceptors (Lipinski definition) is 4. The highest BCUT2D eigenvalue weighted by Gasteiger charge is 2.27. The molecule has 0 radical (unpaired) electrons. The van der Waals surface area contributed by atoms with Gasteiger partial charge < -0.3 is 9.64 Å². The molecule has 2 rings (SSSR count). The van der Waals surface area contributed by atoms with Crippen molar-refractivity contribution in [3.8, 4) is 0 Å². The largest absolute Gasteiger partial charge is 0.468 e. The first kappa shape index (κ1) is 17.1. The molecule has 0 N–H and O–H groups in total. The molecule has 4 nitrogen and oxygen atoms in total. The molecule has 120 valence electrons. The summed E-state index contributed by atoms with van der Waals surface area (Å²) >= 11 is 7.43. The van der Waals surface area contributed by atoms with Gasteiger partial charge in [0, 0.05) is 28.9 Å². The van der Waals surface area contributed by atoms with Crippen LogP contribution in [0, 0.1) is 5.82 Å². The minimum absolute atomic E-state index is 0.0418. The number of halogens is 2. The lowest BCUT2D eigenvalue weighted by atomic mass is 10.1. The van der Waals surface area contributed by atoms with Gasteiger partial charge in [0.2, 0.25) is 5.91 Å². The van der Waals surface area contributed by atoms with E-state index in [0.717, 1.165) is 6.42 Å². The number of nitrogens with zero attached hydrogens (tertiary/aromatic N) is 1. The molecule has 22 heavy (non-hydrogen) atoms. The molecule has 1 aromatic rings. The van der Waals surface area contributed by atoms with Gasteiger partial charge in [0.1, 0.15) is 5.82 Å². The highest BCUT2D eigenvalue weighted by molar-refractivity contribution is 8.00. The van der Waals surface area contributed by atoms with Crippen LogP contribution in [0.3, 0.4) is 0 Å². The predicted octanol–water partition coefficient (Wildman–Crippen LogP) is 2.53. The van der Waals surface area contributed by atoms with Gasteiger partial charge in [0.15, 0.2) is 0 Å². The van der Waals surface area contributed by atoms with Crippen LogP contribution in [0.4, 0.5) is 4.39 Å². The molecule has 0 aliphatic carbocycles. The summed E-state index contributed by atoms with van der Waals surface area (Å²) in [4.78, 5) is 25.1. The highest BCUT2D eigenvalue weighted by Crippen LogP contribution is 2.25. The monoisotopic (exact) mass is 345 g/mol. The summed E-state index contributed by atoms with van der Waals surface area (Å²) in [7, 11) is 1.35. The molecule has 0 saturated carbocycles. The van der Waals surface area contributed by atoms with Crippen molar-refractivity contribution in [2.45, 2.75) is 18.1 Å². The smallest absolute Gasteiger partial charge is 0.315 e. The predicted molar refractivity (Wildman–Crippen MR) is 84.6 cm³/mol. The Kier molecular flexibility index (Phi) is 6.08. The van der Waals surface area contributed by atoms with Gasteiger partial charge in [0.25, 0.3) is 0 Å². The second kappa shape index (κ2) is 7.83. The third kappa shape index (κ3) is 4.36. The Bertz CT molecular complexity index is 549. The molecular formula is C15H17ClFNO3S. The molecule has 1 aromatic carbocycles. The van der Waals surface area contributed by atoms with Crippen LogP contribution in [-0.2, 0) is 20.7 Å². The van der Waals surface area contributed by atoms with Crippen molar-refractivity contribution in [3.63, 3.8) is 0 Å². The number of thioether (sulfide) groups is 1. The van der Waals surface area contributed by atoms with Crippen molar-refractivity contribution >= 4 is 35.2 Å². The first-order valence-corrected chi connectivity index (χ1v) is 8.33. The average molecular weight is 346 g/mol. The molecule has 1 aliphatic heterocycles. The quantitative estimate of drug-likeness (QED) is 0.769. The fraction of sp³-hybridized carbons (Fsp3) is 0.467. The Morgan fingerprint density at radius 2 is 2.27 bits per heavy atom. The molecule has 0 spiro atoms. The van der Waals surface area contributed by atoms with Gasteiger partial charge in [-0.2, -0.15) is 0 Å². The molecule has 1 heterocycles. The van der Waals surface area contributed by atoms with E-state index in [1.165, 1.54) is 31.0 Å². The van der Waals surface area contributed by atoms with Crippen molar-refractivity contribution < 1.29 is 18.7 Å². The lowest BCUT2D eigenvalue weighted by Gasteiger charge is -2.17. The molecule has 1 unspecified atom stereocenters. The van der Waals surface area contributed by atoms with E-state index in [-0.39, 0.29) is 39.9 Å². The van der Waals surface area contributed by atoms with Gasteiger partial charge in [-0.05, 0) is 18.6 Å². The number of methoxy groups -OCH3 is 1. The molecule has 1 aliphatic rings. The number of ether oxygens (including phenoxy) is 1. The zero-order chi connectivity index (χ0) is 16.1. The van der Waals surface area contributed by atoms with Crippen LogP contribution < -0.4 is 0 Å². The van der Waals surface area contributed by atoms with Gasteiger partial charge in [-0.25, -0.2) is 4.39 Å². The summed E-state index contributed by atoms with van der Waals surface area (Å²) in [6.45, 7) is 1.18. The fourth-order valence-electron chi connectivity index (χ4n) is 2.30. The van der Waals surface area contributed by atoms with E-state index in [9.17, 15) is 14.0 Å². The number of carbonyl (C=O) groups excluding carboxylic acids is 2. The van der Waals surface area contributed by atoms with E-state index < -0.39 is 5.82 Å². The number of likely N-dealkylation sites (tertiary alicyclic amines) is 1. The van der Waals surface area contributed by atoms with Crippen LogP contribution in [-0.4, -0.2) is 48.0 Å². The number of amides is 1. The Labute approximate surface area is 137 Å². The van der Waals surface area contributed by atoms with Crippen LogP contribution in [0.25, 0.3) is 0 Å². The van der Waals surface area contributed by atoms with Crippen molar-refractivity contribution in [2.24, 2.45) is 0 Å².